The molecule has 4 aliphatic carbocycles. The average Bonchev–Trinajstić information content (AvgIpc) is 3.11. The van der Waals surface area contributed by atoms with E-state index >= 15 is 0 Å². The molecule has 0 heterocycles. The van der Waals surface area contributed by atoms with E-state index in [1.165, 1.54) is 44.9 Å². The molecule has 4 fully saturated rings. The topological polar surface area (TPSA) is 38.7 Å². The summed E-state index contributed by atoms with van der Waals surface area (Å²) in [6.45, 7) is 26.3. The first-order valence-electron chi connectivity index (χ1n) is 16.5. The fraction of sp³-hybridized carbons (Fsp3) is 1.00. The van der Waals surface area contributed by atoms with Crippen molar-refractivity contribution in [2.75, 3.05) is 0 Å². The molecule has 0 amide bonds. The molecule has 0 spiro atoms. The predicted octanol–water partition coefficient (Wildman–Crippen LogP) is 9.27. The van der Waals surface area contributed by atoms with Crippen molar-refractivity contribution in [3.05, 3.63) is 0 Å². The van der Waals surface area contributed by atoms with E-state index in [4.69, 9.17) is 8.85 Å². The fourth-order valence-corrected chi connectivity index (χ4v) is 12.8. The van der Waals surface area contributed by atoms with E-state index in [9.17, 15) is 5.11 Å². The van der Waals surface area contributed by atoms with Gasteiger partial charge in [-0.2, -0.15) is 0 Å². The van der Waals surface area contributed by atoms with E-state index in [0.29, 0.717) is 17.3 Å². The first kappa shape index (κ1) is 31.3. The van der Waals surface area contributed by atoms with Gasteiger partial charge in [0.2, 0.25) is 0 Å². The van der Waals surface area contributed by atoms with E-state index in [1.807, 2.05) is 0 Å². The molecule has 222 valence electrons. The smallest absolute Gasteiger partial charge is 0.184 e. The molecular weight excluding hydrogens is 501 g/mol. The van der Waals surface area contributed by atoms with Crippen LogP contribution in [-0.2, 0) is 8.85 Å². The van der Waals surface area contributed by atoms with Gasteiger partial charge in [-0.05, 0) is 125 Å². The molecule has 0 aromatic heterocycles. The summed E-state index contributed by atoms with van der Waals surface area (Å²) in [6.07, 6.45) is 13.8. The van der Waals surface area contributed by atoms with E-state index in [2.05, 4.69) is 73.9 Å². The van der Waals surface area contributed by atoms with Crippen LogP contribution in [0.4, 0.5) is 0 Å². The van der Waals surface area contributed by atoms with E-state index < -0.39 is 22.2 Å². The molecule has 10 atom stereocenters. The third kappa shape index (κ3) is 5.94. The van der Waals surface area contributed by atoms with Gasteiger partial charge in [0.05, 0.1) is 11.7 Å². The van der Waals surface area contributed by atoms with Crippen molar-refractivity contribution in [1.82, 2.24) is 0 Å². The summed E-state index contributed by atoms with van der Waals surface area (Å²) in [5, 5.41) is 12.8. The van der Waals surface area contributed by atoms with Crippen molar-refractivity contribution in [1.29, 1.82) is 0 Å². The molecule has 0 aromatic carbocycles. The maximum absolute atomic E-state index is 12.8. The Morgan fingerprint density at radius 3 is 2.08 bits per heavy atom. The fourth-order valence-electron chi connectivity index (χ4n) is 10.4. The average molecular weight is 565 g/mol. The summed E-state index contributed by atoms with van der Waals surface area (Å²) in [5.74, 6) is 4.63. The predicted molar refractivity (Wildman–Crippen MR) is 166 cm³/mol. The molecular formula is C33H64O3Si2. The lowest BCUT2D eigenvalue weighted by atomic mass is 9.42. The molecule has 0 aliphatic heterocycles. The largest absolute Gasteiger partial charge is 0.415 e. The van der Waals surface area contributed by atoms with Crippen LogP contribution in [0.5, 0.6) is 0 Å². The maximum Gasteiger partial charge on any atom is 0.184 e. The standard InChI is InChI=1S/C33H64O3Si2/c1-23(2)13-12-14-24(3)27-15-16-28-26-21-30(36-38(9,10)11)33(34)22-25(35-37(6,7)8)17-20-32(33,5)29(26)18-19-31(27,28)4/h23-30,34H,12-22H2,1-11H3/t24-,25?,26+,27-,28+,29+,30?,31-,32-,33?/m1/s1. The monoisotopic (exact) mass is 564 g/mol. The van der Waals surface area contributed by atoms with E-state index in [-0.39, 0.29) is 17.6 Å². The second kappa shape index (κ2) is 10.9. The summed E-state index contributed by atoms with van der Waals surface area (Å²) in [4.78, 5) is 0. The Hall–Kier alpha value is 0.314. The minimum absolute atomic E-state index is 0.0432. The first-order valence-corrected chi connectivity index (χ1v) is 23.3. The zero-order valence-electron chi connectivity index (χ0n) is 27.2. The van der Waals surface area contributed by atoms with Crippen molar-refractivity contribution in [2.24, 2.45) is 46.3 Å². The van der Waals surface area contributed by atoms with E-state index in [0.717, 1.165) is 49.4 Å². The van der Waals surface area contributed by atoms with Crippen molar-refractivity contribution in [3.63, 3.8) is 0 Å². The highest BCUT2D eigenvalue weighted by Crippen LogP contribution is 2.69. The number of hydrogen-bond donors (Lipinski definition) is 1. The summed E-state index contributed by atoms with van der Waals surface area (Å²) >= 11 is 0. The van der Waals surface area contributed by atoms with Crippen molar-refractivity contribution in [3.8, 4) is 0 Å². The van der Waals surface area contributed by atoms with Gasteiger partial charge in [-0.15, -0.1) is 0 Å². The van der Waals surface area contributed by atoms with Crippen LogP contribution in [0.25, 0.3) is 0 Å². The van der Waals surface area contributed by atoms with Gasteiger partial charge in [0.25, 0.3) is 0 Å². The van der Waals surface area contributed by atoms with Crippen LogP contribution in [0.3, 0.4) is 0 Å². The summed E-state index contributed by atoms with van der Waals surface area (Å²) in [6, 6.07) is 0. The van der Waals surface area contributed by atoms with Crippen LogP contribution in [0.15, 0.2) is 0 Å². The van der Waals surface area contributed by atoms with Gasteiger partial charge in [-0.25, -0.2) is 0 Å². The molecule has 0 aromatic rings. The molecule has 0 radical (unpaired) electrons. The number of rotatable bonds is 9. The zero-order valence-corrected chi connectivity index (χ0v) is 29.2. The van der Waals surface area contributed by atoms with Crippen LogP contribution < -0.4 is 0 Å². The van der Waals surface area contributed by atoms with Crippen LogP contribution in [0.1, 0.15) is 105 Å². The molecule has 3 unspecified atom stereocenters. The molecule has 3 nitrogen and oxygen atoms in total. The molecule has 0 saturated heterocycles. The quantitative estimate of drug-likeness (QED) is 0.284. The SMILES string of the molecule is CC(C)CCC[C@@H](C)[C@H]1CC[C@H]2[C@@H]3CC(O[Si](C)(C)C)C4(O)CC(O[Si](C)(C)C)CC[C@]4(C)[C@H]3CC[C@]12C. The van der Waals surface area contributed by atoms with Gasteiger partial charge in [-0.1, -0.05) is 53.9 Å². The Kier molecular flexibility index (Phi) is 8.93. The lowest BCUT2D eigenvalue weighted by Gasteiger charge is -2.67. The molecule has 1 N–H and O–H groups in total. The maximum atomic E-state index is 12.8. The van der Waals surface area contributed by atoms with Gasteiger partial charge >= 0.3 is 0 Å². The molecule has 38 heavy (non-hydrogen) atoms. The first-order chi connectivity index (χ1) is 17.4. The molecule has 4 aliphatic rings. The summed E-state index contributed by atoms with van der Waals surface area (Å²) < 4.78 is 13.7. The second-order valence-corrected chi connectivity index (χ2v) is 26.2. The highest BCUT2D eigenvalue weighted by atomic mass is 28.4. The minimum Gasteiger partial charge on any atom is -0.415 e. The molecule has 5 heteroatoms. The van der Waals surface area contributed by atoms with Gasteiger partial charge < -0.3 is 14.0 Å². The normalized spacial score (nSPS) is 44.4. The van der Waals surface area contributed by atoms with Crippen molar-refractivity contribution < 1.29 is 14.0 Å². The lowest BCUT2D eigenvalue weighted by molar-refractivity contribution is -0.259. The molecule has 0 bridgehead atoms. The van der Waals surface area contributed by atoms with Crippen LogP contribution in [0, 0.1) is 46.3 Å². The Labute approximate surface area is 238 Å². The Balaban J connectivity index is 1.60. The van der Waals surface area contributed by atoms with Crippen LogP contribution >= 0.6 is 0 Å². The number of aliphatic hydroxyl groups is 1. The van der Waals surface area contributed by atoms with Crippen molar-refractivity contribution >= 4 is 16.6 Å². The number of fused-ring (bicyclic) bond motifs is 5. The Morgan fingerprint density at radius 2 is 1.47 bits per heavy atom. The molecule has 4 rings (SSSR count). The third-order valence-electron chi connectivity index (χ3n) is 12.0. The zero-order chi connectivity index (χ0) is 28.3. The van der Waals surface area contributed by atoms with Crippen LogP contribution in [-0.4, -0.2) is 39.6 Å². The van der Waals surface area contributed by atoms with Crippen LogP contribution in [0.2, 0.25) is 39.3 Å². The van der Waals surface area contributed by atoms with Gasteiger partial charge in [0.1, 0.15) is 0 Å². The van der Waals surface area contributed by atoms with Crippen molar-refractivity contribution in [2.45, 2.75) is 162 Å². The van der Waals surface area contributed by atoms with E-state index in [1.54, 1.807) is 0 Å². The highest BCUT2D eigenvalue weighted by molar-refractivity contribution is 6.70. The highest BCUT2D eigenvalue weighted by Gasteiger charge is 2.68. The van der Waals surface area contributed by atoms with Gasteiger partial charge in [-0.3, -0.25) is 0 Å². The number of hydrogen-bond acceptors (Lipinski definition) is 3. The molecule has 4 saturated carbocycles. The third-order valence-corrected chi connectivity index (χ3v) is 14.0. The van der Waals surface area contributed by atoms with Gasteiger partial charge in [0.15, 0.2) is 16.6 Å². The summed E-state index contributed by atoms with van der Waals surface area (Å²) in [7, 11) is -3.49. The Bertz CT molecular complexity index is 818. The lowest BCUT2D eigenvalue weighted by Crippen LogP contribution is -2.70. The van der Waals surface area contributed by atoms with Gasteiger partial charge in [0, 0.05) is 17.9 Å². The minimum atomic E-state index is -1.83. The Morgan fingerprint density at radius 1 is 0.816 bits per heavy atom. The second-order valence-electron chi connectivity index (χ2n) is 17.3. The summed E-state index contributed by atoms with van der Waals surface area (Å²) in [5.41, 5.74) is -0.374.